The van der Waals surface area contributed by atoms with Gasteiger partial charge in [0.05, 0.1) is 5.56 Å². The quantitative estimate of drug-likeness (QED) is 0.803. The molecule has 0 bridgehead atoms. The average molecular weight is 244 g/mol. The van der Waals surface area contributed by atoms with E-state index in [9.17, 15) is 5.11 Å². The van der Waals surface area contributed by atoms with Crippen LogP contribution in [0, 0.1) is 0 Å². The monoisotopic (exact) mass is 244 g/mol. The average Bonchev–Trinajstić information content (AvgIpc) is 2.28. The van der Waals surface area contributed by atoms with Crippen LogP contribution in [0.25, 0.3) is 6.08 Å². The minimum absolute atomic E-state index is 0.273. The summed E-state index contributed by atoms with van der Waals surface area (Å²) in [5.41, 5.74) is 1.82. The van der Waals surface area contributed by atoms with E-state index in [1.807, 2.05) is 24.3 Å². The molecule has 0 aromatic heterocycles. The largest absolute Gasteiger partial charge is 0.507 e. The van der Waals surface area contributed by atoms with Gasteiger partial charge in [-0.05, 0) is 57.9 Å². The third-order valence-corrected chi connectivity index (χ3v) is 3.18. The molecule has 1 aromatic rings. The van der Waals surface area contributed by atoms with Gasteiger partial charge in [0.2, 0.25) is 0 Å². The lowest BCUT2D eigenvalue weighted by Crippen LogP contribution is -2.31. The Bertz CT molecular complexity index is 496. The molecule has 0 fully saturated rings. The Labute approximate surface area is 109 Å². The topological polar surface area (TPSA) is 29.5 Å². The Kier molecular flexibility index (Phi) is 3.46. The van der Waals surface area contributed by atoms with Gasteiger partial charge in [0.1, 0.15) is 17.1 Å². The van der Waals surface area contributed by atoms with Crippen LogP contribution in [-0.2, 0) is 0 Å². The standard InChI is InChI=1S/C16H20O2/c1-12(2)6-5-10-16(3)11-9-13-14(17)7-4-8-15(13)18-16/h4,6-9,11,17H,5,10H2,1-3H3. The zero-order valence-electron chi connectivity index (χ0n) is 11.2. The summed E-state index contributed by atoms with van der Waals surface area (Å²) in [5.74, 6) is 1.03. The van der Waals surface area contributed by atoms with E-state index >= 15 is 0 Å². The van der Waals surface area contributed by atoms with Crippen molar-refractivity contribution in [3.8, 4) is 11.5 Å². The molecule has 1 aromatic carbocycles. The van der Waals surface area contributed by atoms with Gasteiger partial charge in [-0.25, -0.2) is 0 Å². The normalized spacial score (nSPS) is 21.1. The number of aromatic hydroxyl groups is 1. The van der Waals surface area contributed by atoms with Crippen molar-refractivity contribution in [1.29, 1.82) is 0 Å². The fraction of sp³-hybridized carbons (Fsp3) is 0.375. The van der Waals surface area contributed by atoms with Gasteiger partial charge in [-0.2, -0.15) is 0 Å². The first-order valence-corrected chi connectivity index (χ1v) is 6.34. The highest BCUT2D eigenvalue weighted by atomic mass is 16.5. The second kappa shape index (κ2) is 4.89. The van der Waals surface area contributed by atoms with Gasteiger partial charge in [0.15, 0.2) is 0 Å². The van der Waals surface area contributed by atoms with Gasteiger partial charge >= 0.3 is 0 Å². The van der Waals surface area contributed by atoms with E-state index in [2.05, 4.69) is 26.8 Å². The molecule has 18 heavy (non-hydrogen) atoms. The number of ether oxygens (including phenoxy) is 1. The summed E-state index contributed by atoms with van der Waals surface area (Å²) >= 11 is 0. The summed E-state index contributed by atoms with van der Waals surface area (Å²) in [7, 11) is 0. The molecule has 2 heteroatoms. The molecule has 0 radical (unpaired) electrons. The molecule has 1 aliphatic rings. The predicted octanol–water partition coefficient (Wildman–Crippen LogP) is 4.30. The maximum absolute atomic E-state index is 9.73. The van der Waals surface area contributed by atoms with Crippen LogP contribution >= 0.6 is 0 Å². The molecule has 2 rings (SSSR count). The fourth-order valence-corrected chi connectivity index (χ4v) is 2.12. The first-order valence-electron chi connectivity index (χ1n) is 6.34. The Morgan fingerprint density at radius 2 is 2.17 bits per heavy atom. The molecular weight excluding hydrogens is 224 g/mol. The Morgan fingerprint density at radius 1 is 1.39 bits per heavy atom. The minimum Gasteiger partial charge on any atom is -0.507 e. The number of phenolic OH excluding ortho intramolecular Hbond substituents is 1. The number of benzene rings is 1. The smallest absolute Gasteiger partial charge is 0.131 e. The Hall–Kier alpha value is -1.70. The van der Waals surface area contributed by atoms with Gasteiger partial charge in [0.25, 0.3) is 0 Å². The number of allylic oxidation sites excluding steroid dienone is 2. The van der Waals surface area contributed by atoms with E-state index < -0.39 is 0 Å². The van der Waals surface area contributed by atoms with E-state index in [0.29, 0.717) is 0 Å². The Morgan fingerprint density at radius 3 is 2.89 bits per heavy atom. The molecule has 0 saturated heterocycles. The van der Waals surface area contributed by atoms with Crippen molar-refractivity contribution in [2.75, 3.05) is 0 Å². The van der Waals surface area contributed by atoms with E-state index in [1.165, 1.54) is 5.57 Å². The number of rotatable bonds is 3. The zero-order chi connectivity index (χ0) is 13.2. The third-order valence-electron chi connectivity index (χ3n) is 3.18. The number of hydrogen-bond acceptors (Lipinski definition) is 2. The van der Waals surface area contributed by atoms with E-state index in [-0.39, 0.29) is 11.4 Å². The van der Waals surface area contributed by atoms with Crippen LogP contribution in [0.2, 0.25) is 0 Å². The molecule has 2 nitrogen and oxygen atoms in total. The molecule has 1 heterocycles. The summed E-state index contributed by atoms with van der Waals surface area (Å²) in [6.45, 7) is 6.29. The van der Waals surface area contributed by atoms with Gasteiger partial charge in [0, 0.05) is 0 Å². The van der Waals surface area contributed by atoms with Crippen LogP contribution in [0.1, 0.15) is 39.2 Å². The number of fused-ring (bicyclic) bond motifs is 1. The summed E-state index contributed by atoms with van der Waals surface area (Å²) in [5, 5.41) is 9.73. The minimum atomic E-state index is -0.285. The van der Waals surface area contributed by atoms with E-state index in [4.69, 9.17) is 4.74 Å². The lowest BCUT2D eigenvalue weighted by atomic mass is 9.94. The maximum Gasteiger partial charge on any atom is 0.131 e. The molecule has 1 N–H and O–H groups in total. The fourth-order valence-electron chi connectivity index (χ4n) is 2.12. The summed E-state index contributed by atoms with van der Waals surface area (Å²) in [4.78, 5) is 0. The molecule has 0 aliphatic carbocycles. The SMILES string of the molecule is CC(C)=CCCC1(C)C=Cc2c(O)cccc2O1. The number of phenols is 1. The van der Waals surface area contributed by atoms with Crippen molar-refractivity contribution in [3.05, 3.63) is 41.5 Å². The third kappa shape index (κ3) is 2.76. The molecule has 1 unspecified atom stereocenters. The predicted molar refractivity (Wildman–Crippen MR) is 74.8 cm³/mol. The van der Waals surface area contributed by atoms with Crippen molar-refractivity contribution >= 4 is 6.08 Å². The Balaban J connectivity index is 2.14. The first-order chi connectivity index (χ1) is 8.50. The van der Waals surface area contributed by atoms with Crippen molar-refractivity contribution in [1.82, 2.24) is 0 Å². The van der Waals surface area contributed by atoms with Gasteiger partial charge in [-0.1, -0.05) is 17.7 Å². The first kappa shape index (κ1) is 12.7. The lowest BCUT2D eigenvalue weighted by molar-refractivity contribution is 0.128. The van der Waals surface area contributed by atoms with Crippen LogP contribution in [-0.4, -0.2) is 10.7 Å². The van der Waals surface area contributed by atoms with Gasteiger partial charge in [-0.15, -0.1) is 0 Å². The summed E-state index contributed by atoms with van der Waals surface area (Å²) in [6, 6.07) is 5.39. The van der Waals surface area contributed by atoms with Gasteiger partial charge in [-0.3, -0.25) is 0 Å². The highest BCUT2D eigenvalue weighted by Gasteiger charge is 2.27. The highest BCUT2D eigenvalue weighted by molar-refractivity contribution is 5.66. The molecule has 0 saturated carbocycles. The summed E-state index contributed by atoms with van der Waals surface area (Å²) in [6.07, 6.45) is 8.14. The molecular formula is C16H20O2. The van der Waals surface area contributed by atoms with Crippen molar-refractivity contribution < 1.29 is 9.84 Å². The van der Waals surface area contributed by atoms with Crippen LogP contribution in [0.4, 0.5) is 0 Å². The molecule has 1 atom stereocenters. The van der Waals surface area contributed by atoms with Crippen molar-refractivity contribution in [2.24, 2.45) is 0 Å². The van der Waals surface area contributed by atoms with Gasteiger partial charge < -0.3 is 9.84 Å². The number of hydrogen-bond donors (Lipinski definition) is 1. The van der Waals surface area contributed by atoms with Crippen LogP contribution in [0.5, 0.6) is 11.5 Å². The van der Waals surface area contributed by atoms with Crippen molar-refractivity contribution in [2.45, 2.75) is 39.2 Å². The van der Waals surface area contributed by atoms with E-state index in [0.717, 1.165) is 24.2 Å². The molecule has 1 aliphatic heterocycles. The molecule has 96 valence electrons. The van der Waals surface area contributed by atoms with Crippen LogP contribution in [0.15, 0.2) is 35.9 Å². The lowest BCUT2D eigenvalue weighted by Gasteiger charge is -2.31. The molecule has 0 amide bonds. The van der Waals surface area contributed by atoms with E-state index in [1.54, 1.807) is 6.07 Å². The zero-order valence-corrected chi connectivity index (χ0v) is 11.2. The highest BCUT2D eigenvalue weighted by Crippen LogP contribution is 2.37. The second-order valence-electron chi connectivity index (χ2n) is 5.26. The molecule has 0 spiro atoms. The van der Waals surface area contributed by atoms with Crippen LogP contribution < -0.4 is 4.74 Å². The van der Waals surface area contributed by atoms with Crippen LogP contribution in [0.3, 0.4) is 0 Å². The maximum atomic E-state index is 9.73. The second-order valence-corrected chi connectivity index (χ2v) is 5.26. The summed E-state index contributed by atoms with van der Waals surface area (Å²) < 4.78 is 6.01. The van der Waals surface area contributed by atoms with Crippen molar-refractivity contribution in [3.63, 3.8) is 0 Å².